The van der Waals surface area contributed by atoms with E-state index in [2.05, 4.69) is 49.7 Å². The summed E-state index contributed by atoms with van der Waals surface area (Å²) in [5.74, 6) is 0. The fourth-order valence-electron chi connectivity index (χ4n) is 2.47. The molecule has 0 fully saturated rings. The minimum Gasteiger partial charge on any atom is -0.332 e. The summed E-state index contributed by atoms with van der Waals surface area (Å²) in [4.78, 5) is 12.2. The van der Waals surface area contributed by atoms with Crippen LogP contribution in [0.5, 0.6) is 0 Å². The Hall–Kier alpha value is -1.55. The molecule has 1 rings (SSSR count). The van der Waals surface area contributed by atoms with Crippen LogP contribution in [-0.2, 0) is 0 Å². The molecule has 0 aromatic heterocycles. The normalized spacial score (nSPS) is 12.8. The van der Waals surface area contributed by atoms with Crippen molar-refractivity contribution in [2.45, 2.75) is 58.5 Å². The van der Waals surface area contributed by atoms with Crippen LogP contribution in [0.2, 0.25) is 0 Å². The van der Waals surface area contributed by atoms with E-state index in [1.54, 1.807) is 0 Å². The summed E-state index contributed by atoms with van der Waals surface area (Å²) in [6.07, 6.45) is 2.80. The van der Waals surface area contributed by atoms with Crippen molar-refractivity contribution in [2.24, 2.45) is 0 Å². The Labute approximate surface area is 128 Å². The Balaban J connectivity index is 2.75. The van der Waals surface area contributed by atoms with Crippen LogP contribution in [0.3, 0.4) is 0 Å². The van der Waals surface area contributed by atoms with Crippen LogP contribution in [0.1, 0.15) is 58.6 Å². The summed E-state index contributed by atoms with van der Waals surface area (Å²) in [5, 5.41) is 9.27. The monoisotopic (exact) mass is 291 g/mol. The first-order valence-electron chi connectivity index (χ1n) is 7.86. The second-order valence-electron chi connectivity index (χ2n) is 5.56. The largest absolute Gasteiger partial charge is 0.332 e. The van der Waals surface area contributed by atoms with Crippen LogP contribution in [-0.4, -0.2) is 18.6 Å². The van der Waals surface area contributed by atoms with E-state index in [9.17, 15) is 4.79 Å². The van der Waals surface area contributed by atoms with Crippen LogP contribution in [0, 0.1) is 0 Å². The Morgan fingerprint density at radius 3 is 2.33 bits per heavy atom. The topological polar surface area (TPSA) is 53.2 Å². The Morgan fingerprint density at radius 2 is 1.81 bits per heavy atom. The highest BCUT2D eigenvalue weighted by molar-refractivity contribution is 5.89. The molecular weight excluding hydrogens is 262 g/mol. The van der Waals surface area contributed by atoms with Gasteiger partial charge in [-0.25, -0.2) is 4.79 Å². The van der Waals surface area contributed by atoms with Gasteiger partial charge in [-0.1, -0.05) is 32.9 Å². The Morgan fingerprint density at radius 1 is 1.19 bits per heavy atom. The molecule has 0 aliphatic carbocycles. The average Bonchev–Trinajstić information content (AvgIpc) is 2.52. The van der Waals surface area contributed by atoms with Crippen molar-refractivity contribution in [1.82, 2.24) is 10.6 Å². The molecule has 1 aromatic carbocycles. The van der Waals surface area contributed by atoms with Crippen molar-refractivity contribution in [1.29, 1.82) is 0 Å². The summed E-state index contributed by atoms with van der Waals surface area (Å²) < 4.78 is 0. The van der Waals surface area contributed by atoms with Crippen LogP contribution in [0.4, 0.5) is 10.5 Å². The first-order chi connectivity index (χ1) is 10.00. The Bertz CT molecular complexity index is 447. The maximum Gasteiger partial charge on any atom is 0.319 e. The quantitative estimate of drug-likeness (QED) is 0.709. The average molecular weight is 291 g/mol. The maximum absolute atomic E-state index is 12.2. The minimum atomic E-state index is -0.130. The van der Waals surface area contributed by atoms with Gasteiger partial charge in [0.05, 0.1) is 0 Å². The smallest absolute Gasteiger partial charge is 0.319 e. The van der Waals surface area contributed by atoms with E-state index in [0.29, 0.717) is 0 Å². The number of anilines is 1. The fourth-order valence-corrected chi connectivity index (χ4v) is 2.47. The molecule has 0 saturated heterocycles. The van der Waals surface area contributed by atoms with E-state index in [1.165, 1.54) is 0 Å². The zero-order valence-corrected chi connectivity index (χ0v) is 13.9. The SMILES string of the molecule is CCC(CC)(CC)NC(=O)Nc1cccc(C(C)NC)c1. The molecule has 3 N–H and O–H groups in total. The predicted octanol–water partition coefficient (Wildman–Crippen LogP) is 4.06. The van der Waals surface area contributed by atoms with E-state index >= 15 is 0 Å². The van der Waals surface area contributed by atoms with Crippen molar-refractivity contribution in [3.05, 3.63) is 29.8 Å². The van der Waals surface area contributed by atoms with E-state index in [0.717, 1.165) is 30.5 Å². The number of carbonyl (C=O) groups excluding carboxylic acids is 1. The number of hydrogen-bond acceptors (Lipinski definition) is 2. The number of urea groups is 1. The number of nitrogens with one attached hydrogen (secondary N) is 3. The van der Waals surface area contributed by atoms with Gasteiger partial charge in [0.2, 0.25) is 0 Å². The van der Waals surface area contributed by atoms with Gasteiger partial charge in [-0.3, -0.25) is 0 Å². The molecule has 21 heavy (non-hydrogen) atoms. The number of carbonyl (C=O) groups is 1. The van der Waals surface area contributed by atoms with Crippen molar-refractivity contribution in [2.75, 3.05) is 12.4 Å². The molecule has 0 aliphatic rings. The van der Waals surface area contributed by atoms with Gasteiger partial charge < -0.3 is 16.0 Å². The molecule has 0 saturated carbocycles. The standard InChI is InChI=1S/C17H29N3O/c1-6-17(7-2,8-3)20-16(21)19-15-11-9-10-14(12-15)13(4)18-5/h9-13,18H,6-8H2,1-5H3,(H2,19,20,21). The highest BCUT2D eigenvalue weighted by atomic mass is 16.2. The van der Waals surface area contributed by atoms with E-state index < -0.39 is 0 Å². The molecule has 2 amide bonds. The van der Waals surface area contributed by atoms with Gasteiger partial charge in [0.25, 0.3) is 0 Å². The van der Waals surface area contributed by atoms with Gasteiger partial charge in [0.1, 0.15) is 0 Å². The zero-order valence-electron chi connectivity index (χ0n) is 13.9. The van der Waals surface area contributed by atoms with Crippen molar-refractivity contribution in [3.63, 3.8) is 0 Å². The van der Waals surface area contributed by atoms with Gasteiger partial charge in [-0.05, 0) is 50.9 Å². The molecule has 0 bridgehead atoms. The highest BCUT2D eigenvalue weighted by Gasteiger charge is 2.25. The first kappa shape index (κ1) is 17.5. The van der Waals surface area contributed by atoms with Gasteiger partial charge >= 0.3 is 6.03 Å². The van der Waals surface area contributed by atoms with Crippen LogP contribution < -0.4 is 16.0 Å². The number of hydrogen-bond donors (Lipinski definition) is 3. The summed E-state index contributed by atoms with van der Waals surface area (Å²) in [6, 6.07) is 8.07. The van der Waals surface area contributed by atoms with Crippen molar-refractivity contribution in [3.8, 4) is 0 Å². The lowest BCUT2D eigenvalue weighted by Crippen LogP contribution is -2.48. The molecule has 4 nitrogen and oxygen atoms in total. The maximum atomic E-state index is 12.2. The third-order valence-electron chi connectivity index (χ3n) is 4.49. The molecule has 0 radical (unpaired) electrons. The van der Waals surface area contributed by atoms with Gasteiger partial charge in [-0.15, -0.1) is 0 Å². The Kier molecular flexibility index (Phi) is 6.69. The molecule has 1 aromatic rings. The van der Waals surface area contributed by atoms with Gasteiger partial charge in [0.15, 0.2) is 0 Å². The third-order valence-corrected chi connectivity index (χ3v) is 4.49. The zero-order chi connectivity index (χ0) is 15.9. The second kappa shape index (κ2) is 8.03. The number of benzene rings is 1. The predicted molar refractivity (Wildman–Crippen MR) is 89.7 cm³/mol. The summed E-state index contributed by atoms with van der Waals surface area (Å²) >= 11 is 0. The molecule has 0 spiro atoms. The molecule has 1 atom stereocenters. The number of amides is 2. The molecule has 4 heteroatoms. The number of rotatable bonds is 7. The second-order valence-corrected chi connectivity index (χ2v) is 5.56. The lowest BCUT2D eigenvalue weighted by atomic mass is 9.90. The molecule has 0 heterocycles. The van der Waals surface area contributed by atoms with Gasteiger partial charge in [-0.2, -0.15) is 0 Å². The van der Waals surface area contributed by atoms with Crippen LogP contribution >= 0.6 is 0 Å². The van der Waals surface area contributed by atoms with E-state index in [1.807, 2.05) is 25.2 Å². The third kappa shape index (κ3) is 4.74. The van der Waals surface area contributed by atoms with Crippen molar-refractivity contribution < 1.29 is 4.79 Å². The first-order valence-corrected chi connectivity index (χ1v) is 7.86. The van der Waals surface area contributed by atoms with Crippen molar-refractivity contribution >= 4 is 11.7 Å². The van der Waals surface area contributed by atoms with E-state index in [4.69, 9.17) is 0 Å². The summed E-state index contributed by atoms with van der Waals surface area (Å²) in [5.41, 5.74) is 1.87. The summed E-state index contributed by atoms with van der Waals surface area (Å²) in [7, 11) is 1.93. The minimum absolute atomic E-state index is 0.111. The fraction of sp³-hybridized carbons (Fsp3) is 0.588. The molecular formula is C17H29N3O. The van der Waals surface area contributed by atoms with Crippen LogP contribution in [0.15, 0.2) is 24.3 Å². The lowest BCUT2D eigenvalue weighted by Gasteiger charge is -2.31. The molecule has 1 unspecified atom stereocenters. The molecule has 0 aliphatic heterocycles. The van der Waals surface area contributed by atoms with Gasteiger partial charge in [0, 0.05) is 17.3 Å². The highest BCUT2D eigenvalue weighted by Crippen LogP contribution is 2.20. The van der Waals surface area contributed by atoms with E-state index in [-0.39, 0.29) is 17.6 Å². The summed E-state index contributed by atoms with van der Waals surface area (Å²) in [6.45, 7) is 8.43. The van der Waals surface area contributed by atoms with Crippen LogP contribution in [0.25, 0.3) is 0 Å². The lowest BCUT2D eigenvalue weighted by molar-refractivity contribution is 0.229. The molecule has 118 valence electrons.